The number of nitrogens with zero attached hydrogens (tertiary/aromatic N) is 2. The molecule has 0 bridgehead atoms. The van der Waals surface area contributed by atoms with Crippen LogP contribution in [0, 0.1) is 10.1 Å². The molecular weight excluding hydrogens is 514 g/mol. The van der Waals surface area contributed by atoms with Gasteiger partial charge in [-0.2, -0.15) is 0 Å². The van der Waals surface area contributed by atoms with Crippen LogP contribution in [0.5, 0.6) is 0 Å². The number of carboxylic acids is 1. The third kappa shape index (κ3) is 5.19. The number of carboxylic acid groups (broad SMARTS) is 1. The van der Waals surface area contributed by atoms with Crippen LogP contribution in [0.25, 0.3) is 11.1 Å². The smallest absolute Gasteiger partial charge is 0.407 e. The molecule has 1 aliphatic rings. The molecule has 1 aromatic heterocycles. The average Bonchev–Trinajstić information content (AvgIpc) is 3.48. The van der Waals surface area contributed by atoms with Crippen LogP contribution >= 0.6 is 0 Å². The maximum atomic E-state index is 12.9. The summed E-state index contributed by atoms with van der Waals surface area (Å²) < 4.78 is 7.10. The molecule has 0 spiro atoms. The fraction of sp³-hybridized carbons (Fsp3) is 0.167. The highest BCUT2D eigenvalue weighted by Crippen LogP contribution is 2.44. The minimum atomic E-state index is -1.30. The van der Waals surface area contributed by atoms with Gasteiger partial charge in [0.15, 0.2) is 5.78 Å². The Morgan fingerprint density at radius 3 is 2.15 bits per heavy atom. The van der Waals surface area contributed by atoms with Gasteiger partial charge in [-0.1, -0.05) is 48.5 Å². The van der Waals surface area contributed by atoms with Gasteiger partial charge in [0.25, 0.3) is 5.69 Å². The van der Waals surface area contributed by atoms with Crippen LogP contribution in [0.3, 0.4) is 0 Å². The number of nitro benzene ring substituents is 1. The SMILES string of the molecule is Cn1cc(C(=O)c2ccc([N+](=O)[O-])cc2)cc1CC(NC(=O)OCC1c2ccccc2-c2ccccc21)C(=O)O. The predicted molar refractivity (Wildman–Crippen MR) is 145 cm³/mol. The molecule has 0 aliphatic heterocycles. The number of fused-ring (bicyclic) bond motifs is 3. The van der Waals surface area contributed by atoms with Gasteiger partial charge in [-0.05, 0) is 40.5 Å². The van der Waals surface area contributed by atoms with Gasteiger partial charge in [0, 0.05) is 54.5 Å². The highest BCUT2D eigenvalue weighted by molar-refractivity contribution is 6.09. The van der Waals surface area contributed by atoms with E-state index < -0.39 is 23.0 Å². The van der Waals surface area contributed by atoms with Gasteiger partial charge in [-0.25, -0.2) is 9.59 Å². The molecule has 1 aliphatic carbocycles. The molecule has 1 atom stereocenters. The third-order valence-electron chi connectivity index (χ3n) is 7.06. The zero-order valence-electron chi connectivity index (χ0n) is 21.4. The van der Waals surface area contributed by atoms with Crippen LogP contribution in [0.4, 0.5) is 10.5 Å². The molecule has 0 saturated carbocycles. The Morgan fingerprint density at radius 2 is 1.57 bits per heavy atom. The molecule has 1 heterocycles. The van der Waals surface area contributed by atoms with Crippen LogP contribution in [-0.4, -0.2) is 45.1 Å². The van der Waals surface area contributed by atoms with Crippen molar-refractivity contribution in [2.75, 3.05) is 6.61 Å². The number of aliphatic carboxylic acids is 1. The monoisotopic (exact) mass is 539 g/mol. The van der Waals surface area contributed by atoms with E-state index in [-0.39, 0.29) is 41.5 Å². The van der Waals surface area contributed by atoms with Crippen molar-refractivity contribution in [2.24, 2.45) is 7.05 Å². The number of aromatic nitrogens is 1. The van der Waals surface area contributed by atoms with E-state index in [1.54, 1.807) is 23.9 Å². The van der Waals surface area contributed by atoms with Crippen LogP contribution in [0.2, 0.25) is 0 Å². The number of alkyl carbamates (subject to hydrolysis) is 1. The maximum absolute atomic E-state index is 12.9. The molecule has 2 N–H and O–H groups in total. The Kier molecular flexibility index (Phi) is 7.15. The Labute approximate surface area is 229 Å². The molecule has 1 amide bonds. The van der Waals surface area contributed by atoms with E-state index >= 15 is 0 Å². The number of hydrogen-bond donors (Lipinski definition) is 2. The molecule has 0 saturated heterocycles. The highest BCUT2D eigenvalue weighted by atomic mass is 16.6. The van der Waals surface area contributed by atoms with Crippen molar-refractivity contribution in [3.05, 3.63) is 123 Å². The second-order valence-corrected chi connectivity index (χ2v) is 9.53. The number of ketones is 1. The number of hydrogen-bond acceptors (Lipinski definition) is 6. The minimum absolute atomic E-state index is 0.0459. The lowest BCUT2D eigenvalue weighted by atomic mass is 9.98. The lowest BCUT2D eigenvalue weighted by molar-refractivity contribution is -0.384. The van der Waals surface area contributed by atoms with Crippen molar-refractivity contribution in [2.45, 2.75) is 18.4 Å². The Morgan fingerprint density at radius 1 is 0.975 bits per heavy atom. The maximum Gasteiger partial charge on any atom is 0.407 e. The van der Waals surface area contributed by atoms with Gasteiger partial charge < -0.3 is 19.7 Å². The fourth-order valence-corrected chi connectivity index (χ4v) is 5.03. The van der Waals surface area contributed by atoms with Crippen molar-refractivity contribution >= 4 is 23.5 Å². The van der Waals surface area contributed by atoms with Crippen molar-refractivity contribution in [1.29, 1.82) is 0 Å². The van der Waals surface area contributed by atoms with E-state index in [1.807, 2.05) is 48.5 Å². The summed E-state index contributed by atoms with van der Waals surface area (Å²) in [5.74, 6) is -1.78. The summed E-state index contributed by atoms with van der Waals surface area (Å²) in [6.07, 6.45) is 0.597. The topological polar surface area (TPSA) is 141 Å². The summed E-state index contributed by atoms with van der Waals surface area (Å²) in [6.45, 7) is 0.0459. The van der Waals surface area contributed by atoms with E-state index in [1.165, 1.54) is 24.3 Å². The van der Waals surface area contributed by atoms with E-state index in [9.17, 15) is 29.6 Å². The number of nitro groups is 1. The Bertz CT molecular complexity index is 1580. The van der Waals surface area contributed by atoms with Crippen LogP contribution in [0.15, 0.2) is 85.1 Å². The Balaban J connectivity index is 1.25. The number of non-ortho nitro benzene ring substituents is 1. The Hall–Kier alpha value is -5.25. The minimum Gasteiger partial charge on any atom is -0.480 e. The largest absolute Gasteiger partial charge is 0.480 e. The van der Waals surface area contributed by atoms with E-state index in [0.29, 0.717) is 5.69 Å². The van der Waals surface area contributed by atoms with Gasteiger partial charge in [-0.3, -0.25) is 14.9 Å². The van der Waals surface area contributed by atoms with Gasteiger partial charge in [0.1, 0.15) is 12.6 Å². The van der Waals surface area contributed by atoms with Crippen LogP contribution < -0.4 is 5.32 Å². The molecule has 0 radical (unpaired) electrons. The number of carbonyl (C=O) groups is 3. The normalized spacial score (nSPS) is 12.7. The predicted octanol–water partition coefficient (Wildman–Crippen LogP) is 4.70. The number of nitrogens with one attached hydrogen (secondary N) is 1. The van der Waals surface area contributed by atoms with E-state index in [2.05, 4.69) is 5.32 Å². The molecule has 10 nitrogen and oxygen atoms in total. The number of carbonyl (C=O) groups excluding carboxylic acids is 2. The van der Waals surface area contributed by atoms with Gasteiger partial charge in [0.2, 0.25) is 0 Å². The summed E-state index contributed by atoms with van der Waals surface area (Å²) >= 11 is 0. The van der Waals surface area contributed by atoms with Gasteiger partial charge in [0.05, 0.1) is 4.92 Å². The van der Waals surface area contributed by atoms with Crippen molar-refractivity contribution in [3.8, 4) is 11.1 Å². The first-order valence-corrected chi connectivity index (χ1v) is 12.5. The lowest BCUT2D eigenvalue weighted by Gasteiger charge is -2.17. The second-order valence-electron chi connectivity index (χ2n) is 9.53. The molecule has 1 unspecified atom stereocenters. The van der Waals surface area contributed by atoms with Crippen LogP contribution in [-0.2, 0) is 23.0 Å². The molecule has 40 heavy (non-hydrogen) atoms. The first kappa shape index (κ1) is 26.4. The van der Waals surface area contributed by atoms with Crippen molar-refractivity contribution < 1.29 is 29.2 Å². The molecule has 10 heteroatoms. The standard InChI is InChI=1S/C30H25N3O7/c1-32-16-19(28(34)18-10-12-20(13-11-18)33(38)39)14-21(32)15-27(29(35)36)31-30(37)40-17-26-24-8-4-2-6-22(24)23-7-3-5-9-25(23)26/h2-14,16,26-27H,15,17H2,1H3,(H,31,37)(H,35,36). The number of aryl methyl sites for hydroxylation is 1. The molecule has 202 valence electrons. The lowest BCUT2D eigenvalue weighted by Crippen LogP contribution is -2.43. The molecule has 0 fully saturated rings. The quantitative estimate of drug-likeness (QED) is 0.178. The van der Waals surface area contributed by atoms with Crippen molar-refractivity contribution in [3.63, 3.8) is 0 Å². The fourth-order valence-electron chi connectivity index (χ4n) is 5.03. The zero-order valence-corrected chi connectivity index (χ0v) is 21.4. The highest BCUT2D eigenvalue weighted by Gasteiger charge is 2.30. The van der Waals surface area contributed by atoms with Crippen molar-refractivity contribution in [1.82, 2.24) is 9.88 Å². The molecule has 5 rings (SSSR count). The number of ether oxygens (including phenoxy) is 1. The molecular formula is C30H25N3O7. The molecule has 3 aromatic carbocycles. The summed E-state index contributed by atoms with van der Waals surface area (Å²) in [5.41, 5.74) is 5.16. The zero-order chi connectivity index (χ0) is 28.4. The molecule has 4 aromatic rings. The van der Waals surface area contributed by atoms with E-state index in [4.69, 9.17) is 4.74 Å². The summed E-state index contributed by atoms with van der Waals surface area (Å²) in [5, 5.41) is 23.1. The summed E-state index contributed by atoms with van der Waals surface area (Å²) in [7, 11) is 1.66. The number of benzene rings is 3. The van der Waals surface area contributed by atoms with E-state index in [0.717, 1.165) is 22.3 Å². The summed E-state index contributed by atoms with van der Waals surface area (Å²) in [4.78, 5) is 47.9. The van der Waals surface area contributed by atoms with Crippen LogP contribution in [0.1, 0.15) is 38.7 Å². The number of rotatable bonds is 9. The second kappa shape index (κ2) is 10.9. The first-order chi connectivity index (χ1) is 19.2. The third-order valence-corrected chi connectivity index (χ3v) is 7.06. The summed E-state index contributed by atoms with van der Waals surface area (Å²) in [6, 6.07) is 21.3. The van der Waals surface area contributed by atoms with Gasteiger partial charge >= 0.3 is 12.1 Å². The number of amides is 1. The average molecular weight is 540 g/mol. The van der Waals surface area contributed by atoms with Gasteiger partial charge in [-0.15, -0.1) is 0 Å². The first-order valence-electron chi connectivity index (χ1n) is 12.5.